The SMILES string of the molecule is COc1ccc(C(N)=S)c(NCCOCC(C)C)c1. The monoisotopic (exact) mass is 282 g/mol. The molecule has 0 saturated carbocycles. The van der Waals surface area contributed by atoms with Crippen LogP contribution in [0.1, 0.15) is 19.4 Å². The summed E-state index contributed by atoms with van der Waals surface area (Å²) in [7, 11) is 1.63. The van der Waals surface area contributed by atoms with E-state index in [-0.39, 0.29) is 0 Å². The molecule has 19 heavy (non-hydrogen) atoms. The predicted molar refractivity (Wildman–Crippen MR) is 83.0 cm³/mol. The minimum absolute atomic E-state index is 0.369. The van der Waals surface area contributed by atoms with Gasteiger partial charge in [-0.15, -0.1) is 0 Å². The van der Waals surface area contributed by atoms with Gasteiger partial charge in [0.15, 0.2) is 0 Å². The Balaban J connectivity index is 2.57. The predicted octanol–water partition coefficient (Wildman–Crippen LogP) is 2.41. The van der Waals surface area contributed by atoms with Gasteiger partial charge >= 0.3 is 0 Å². The van der Waals surface area contributed by atoms with Crippen LogP contribution >= 0.6 is 12.2 Å². The van der Waals surface area contributed by atoms with E-state index in [9.17, 15) is 0 Å². The molecule has 0 saturated heterocycles. The maximum absolute atomic E-state index is 5.70. The van der Waals surface area contributed by atoms with E-state index < -0.39 is 0 Å². The molecule has 0 aromatic heterocycles. The van der Waals surface area contributed by atoms with E-state index in [2.05, 4.69) is 19.2 Å². The number of rotatable bonds is 8. The maximum Gasteiger partial charge on any atom is 0.120 e. The minimum Gasteiger partial charge on any atom is -0.497 e. The van der Waals surface area contributed by atoms with Gasteiger partial charge in [0.25, 0.3) is 0 Å². The molecule has 1 aromatic rings. The van der Waals surface area contributed by atoms with E-state index in [4.69, 9.17) is 27.4 Å². The van der Waals surface area contributed by atoms with Crippen LogP contribution in [-0.4, -0.2) is 31.9 Å². The van der Waals surface area contributed by atoms with Gasteiger partial charge in [-0.3, -0.25) is 0 Å². The van der Waals surface area contributed by atoms with E-state index in [1.54, 1.807) is 7.11 Å². The van der Waals surface area contributed by atoms with Gasteiger partial charge in [0.1, 0.15) is 10.7 Å². The Hall–Kier alpha value is -1.33. The average Bonchev–Trinajstić information content (AvgIpc) is 2.37. The van der Waals surface area contributed by atoms with Crippen molar-refractivity contribution in [2.24, 2.45) is 11.7 Å². The molecule has 0 aliphatic heterocycles. The molecular formula is C14H22N2O2S. The van der Waals surface area contributed by atoms with Crippen LogP contribution in [-0.2, 0) is 4.74 Å². The Kier molecular flexibility index (Phi) is 6.59. The number of hydrogen-bond acceptors (Lipinski definition) is 4. The highest BCUT2D eigenvalue weighted by Gasteiger charge is 2.06. The zero-order chi connectivity index (χ0) is 14.3. The van der Waals surface area contributed by atoms with Crippen LogP contribution in [0.3, 0.4) is 0 Å². The highest BCUT2D eigenvalue weighted by atomic mass is 32.1. The number of thiocarbonyl (C=S) groups is 1. The first-order chi connectivity index (χ1) is 9.04. The molecule has 0 aliphatic carbocycles. The lowest BCUT2D eigenvalue weighted by molar-refractivity contribution is 0.118. The zero-order valence-corrected chi connectivity index (χ0v) is 12.5. The van der Waals surface area contributed by atoms with Crippen molar-refractivity contribution in [3.8, 4) is 5.75 Å². The van der Waals surface area contributed by atoms with Crippen molar-refractivity contribution in [3.63, 3.8) is 0 Å². The summed E-state index contributed by atoms with van der Waals surface area (Å²) in [5.41, 5.74) is 7.39. The topological polar surface area (TPSA) is 56.5 Å². The van der Waals surface area contributed by atoms with Crippen molar-refractivity contribution < 1.29 is 9.47 Å². The lowest BCUT2D eigenvalue weighted by Crippen LogP contribution is -2.16. The summed E-state index contributed by atoms with van der Waals surface area (Å²) in [4.78, 5) is 0.369. The molecule has 0 fully saturated rings. The van der Waals surface area contributed by atoms with Gasteiger partial charge in [-0.2, -0.15) is 0 Å². The maximum atomic E-state index is 5.70. The van der Waals surface area contributed by atoms with E-state index in [1.807, 2.05) is 18.2 Å². The molecule has 0 amide bonds. The number of anilines is 1. The third-order valence-corrected chi connectivity index (χ3v) is 2.73. The Labute approximate surface area is 120 Å². The number of hydrogen-bond donors (Lipinski definition) is 2. The minimum atomic E-state index is 0.369. The standard InChI is InChI=1S/C14H22N2O2S/c1-10(2)9-18-7-6-16-13-8-11(17-3)4-5-12(13)14(15)19/h4-5,8,10,16H,6-7,9H2,1-3H3,(H2,15,19). The Morgan fingerprint density at radius 2 is 2.16 bits per heavy atom. The molecular weight excluding hydrogens is 260 g/mol. The molecule has 4 nitrogen and oxygen atoms in total. The van der Waals surface area contributed by atoms with Crippen LogP contribution < -0.4 is 15.8 Å². The number of nitrogens with one attached hydrogen (secondary N) is 1. The van der Waals surface area contributed by atoms with Crippen LogP contribution in [0.15, 0.2) is 18.2 Å². The number of ether oxygens (including phenoxy) is 2. The van der Waals surface area contributed by atoms with Crippen molar-refractivity contribution >= 4 is 22.9 Å². The summed E-state index contributed by atoms with van der Waals surface area (Å²) in [6, 6.07) is 5.59. The first-order valence-electron chi connectivity index (χ1n) is 6.34. The van der Waals surface area contributed by atoms with Gasteiger partial charge in [0, 0.05) is 30.5 Å². The summed E-state index contributed by atoms with van der Waals surface area (Å²) >= 11 is 5.03. The van der Waals surface area contributed by atoms with Crippen LogP contribution in [0.5, 0.6) is 5.75 Å². The molecule has 0 aliphatic rings. The molecule has 1 rings (SSSR count). The van der Waals surface area contributed by atoms with Gasteiger partial charge < -0.3 is 20.5 Å². The third kappa shape index (κ3) is 5.44. The molecule has 0 bridgehead atoms. The van der Waals surface area contributed by atoms with Gasteiger partial charge in [-0.1, -0.05) is 26.1 Å². The van der Waals surface area contributed by atoms with Crippen molar-refractivity contribution in [2.45, 2.75) is 13.8 Å². The lowest BCUT2D eigenvalue weighted by Gasteiger charge is -2.13. The third-order valence-electron chi connectivity index (χ3n) is 2.51. The van der Waals surface area contributed by atoms with Gasteiger partial charge in [-0.25, -0.2) is 0 Å². The molecule has 106 valence electrons. The number of methoxy groups -OCH3 is 1. The van der Waals surface area contributed by atoms with Crippen LogP contribution in [0, 0.1) is 5.92 Å². The molecule has 1 aromatic carbocycles. The fourth-order valence-electron chi connectivity index (χ4n) is 1.59. The van der Waals surface area contributed by atoms with E-state index in [0.717, 1.165) is 23.6 Å². The summed E-state index contributed by atoms with van der Waals surface area (Å²) < 4.78 is 10.7. The Bertz CT molecular complexity index is 422. The summed E-state index contributed by atoms with van der Waals surface area (Å²) in [6.45, 7) is 6.37. The van der Waals surface area contributed by atoms with Gasteiger partial charge in [0.2, 0.25) is 0 Å². The van der Waals surface area contributed by atoms with Crippen molar-refractivity contribution in [1.82, 2.24) is 0 Å². The summed E-state index contributed by atoms with van der Waals surface area (Å²) in [5, 5.41) is 3.27. The molecule has 5 heteroatoms. The van der Waals surface area contributed by atoms with Crippen molar-refractivity contribution in [3.05, 3.63) is 23.8 Å². The second-order valence-corrected chi connectivity index (χ2v) is 5.11. The normalized spacial score (nSPS) is 10.5. The van der Waals surface area contributed by atoms with Crippen LogP contribution in [0.25, 0.3) is 0 Å². The molecule has 0 unspecified atom stereocenters. The van der Waals surface area contributed by atoms with E-state index >= 15 is 0 Å². The largest absolute Gasteiger partial charge is 0.497 e. The van der Waals surface area contributed by atoms with Crippen molar-refractivity contribution in [2.75, 3.05) is 32.2 Å². The van der Waals surface area contributed by atoms with Crippen LogP contribution in [0.2, 0.25) is 0 Å². The van der Waals surface area contributed by atoms with E-state index in [0.29, 0.717) is 24.1 Å². The second-order valence-electron chi connectivity index (χ2n) is 4.67. The smallest absolute Gasteiger partial charge is 0.120 e. The molecule has 0 radical (unpaired) electrons. The lowest BCUT2D eigenvalue weighted by atomic mass is 10.1. The van der Waals surface area contributed by atoms with Crippen molar-refractivity contribution in [1.29, 1.82) is 0 Å². The average molecular weight is 282 g/mol. The highest BCUT2D eigenvalue weighted by Crippen LogP contribution is 2.22. The summed E-state index contributed by atoms with van der Waals surface area (Å²) in [5.74, 6) is 1.31. The van der Waals surface area contributed by atoms with Gasteiger partial charge in [0.05, 0.1) is 13.7 Å². The van der Waals surface area contributed by atoms with E-state index in [1.165, 1.54) is 0 Å². The number of nitrogens with two attached hydrogens (primary N) is 1. The Morgan fingerprint density at radius 1 is 1.42 bits per heavy atom. The zero-order valence-electron chi connectivity index (χ0n) is 11.7. The fourth-order valence-corrected chi connectivity index (χ4v) is 1.77. The molecule has 0 heterocycles. The molecule has 0 spiro atoms. The quantitative estimate of drug-likeness (QED) is 0.566. The Morgan fingerprint density at radius 3 is 2.74 bits per heavy atom. The molecule has 0 atom stereocenters. The first kappa shape index (κ1) is 15.7. The number of benzene rings is 1. The second kappa shape index (κ2) is 7.96. The van der Waals surface area contributed by atoms with Crippen LogP contribution in [0.4, 0.5) is 5.69 Å². The first-order valence-corrected chi connectivity index (χ1v) is 6.75. The molecule has 3 N–H and O–H groups in total. The fraction of sp³-hybridized carbons (Fsp3) is 0.500. The summed E-state index contributed by atoms with van der Waals surface area (Å²) in [6.07, 6.45) is 0. The van der Waals surface area contributed by atoms with Gasteiger partial charge in [-0.05, 0) is 18.1 Å². The highest BCUT2D eigenvalue weighted by molar-refractivity contribution is 7.80.